The summed E-state index contributed by atoms with van der Waals surface area (Å²) in [6, 6.07) is 4.98. The van der Waals surface area contributed by atoms with Crippen molar-refractivity contribution in [3.05, 3.63) is 30.3 Å². The van der Waals surface area contributed by atoms with Gasteiger partial charge in [-0.05, 0) is 12.1 Å². The highest BCUT2D eigenvalue weighted by Gasteiger charge is 2.12. The first-order chi connectivity index (χ1) is 9.70. The number of hydrogen-bond acceptors (Lipinski definition) is 9. The SMILES string of the molecule is Nc1cc(N)nc(SCc2noc(-c3ccco3)n2)n1. The van der Waals surface area contributed by atoms with Crippen LogP contribution in [-0.4, -0.2) is 20.1 Å². The molecule has 0 aliphatic heterocycles. The van der Waals surface area contributed by atoms with Gasteiger partial charge in [-0.25, -0.2) is 9.97 Å². The Labute approximate surface area is 117 Å². The van der Waals surface area contributed by atoms with Gasteiger partial charge < -0.3 is 20.4 Å². The maximum atomic E-state index is 5.59. The summed E-state index contributed by atoms with van der Waals surface area (Å²) in [4.78, 5) is 12.3. The van der Waals surface area contributed by atoms with E-state index in [1.807, 2.05) is 0 Å². The predicted molar refractivity (Wildman–Crippen MR) is 72.4 cm³/mol. The Kier molecular flexibility index (Phi) is 3.25. The number of nitrogens with zero attached hydrogens (tertiary/aromatic N) is 4. The number of furan rings is 1. The van der Waals surface area contributed by atoms with Gasteiger partial charge in [0.15, 0.2) is 16.7 Å². The lowest BCUT2D eigenvalue weighted by Gasteiger charge is -2.00. The van der Waals surface area contributed by atoms with E-state index in [4.69, 9.17) is 20.4 Å². The van der Waals surface area contributed by atoms with Gasteiger partial charge in [-0.2, -0.15) is 4.98 Å². The van der Waals surface area contributed by atoms with Gasteiger partial charge in [-0.3, -0.25) is 0 Å². The Morgan fingerprint density at radius 1 is 1.15 bits per heavy atom. The van der Waals surface area contributed by atoms with E-state index in [0.29, 0.717) is 40.0 Å². The summed E-state index contributed by atoms with van der Waals surface area (Å²) >= 11 is 1.31. The molecule has 0 aliphatic carbocycles. The molecule has 4 N–H and O–H groups in total. The zero-order chi connectivity index (χ0) is 13.9. The minimum absolute atomic E-state index is 0.324. The topological polar surface area (TPSA) is 130 Å². The van der Waals surface area contributed by atoms with Crippen molar-refractivity contribution in [2.75, 3.05) is 11.5 Å². The molecule has 0 aromatic carbocycles. The lowest BCUT2D eigenvalue weighted by atomic mass is 10.4. The molecule has 102 valence electrons. The van der Waals surface area contributed by atoms with Gasteiger partial charge in [0.25, 0.3) is 5.89 Å². The Balaban J connectivity index is 1.69. The fraction of sp³-hybridized carbons (Fsp3) is 0.0909. The molecule has 0 unspecified atom stereocenters. The van der Waals surface area contributed by atoms with Crippen LogP contribution in [0.4, 0.5) is 11.6 Å². The first kappa shape index (κ1) is 12.5. The third kappa shape index (κ3) is 2.72. The smallest absolute Gasteiger partial charge is 0.293 e. The van der Waals surface area contributed by atoms with Crippen LogP contribution in [0.1, 0.15) is 5.82 Å². The van der Waals surface area contributed by atoms with Crippen molar-refractivity contribution in [2.45, 2.75) is 10.9 Å². The Morgan fingerprint density at radius 2 is 1.95 bits per heavy atom. The maximum absolute atomic E-state index is 5.59. The summed E-state index contributed by atoms with van der Waals surface area (Å²) in [7, 11) is 0. The molecule has 3 heterocycles. The molecule has 0 atom stereocenters. The second kappa shape index (κ2) is 5.21. The van der Waals surface area contributed by atoms with Crippen LogP contribution in [0.3, 0.4) is 0 Å². The molecular formula is C11H10N6O2S. The van der Waals surface area contributed by atoms with Crippen molar-refractivity contribution in [1.29, 1.82) is 0 Å². The minimum Gasteiger partial charge on any atom is -0.459 e. The molecule has 0 saturated heterocycles. The van der Waals surface area contributed by atoms with Crippen molar-refractivity contribution in [3.63, 3.8) is 0 Å². The molecule has 0 amide bonds. The first-order valence-electron chi connectivity index (χ1n) is 5.60. The quantitative estimate of drug-likeness (QED) is 0.543. The summed E-state index contributed by atoms with van der Waals surface area (Å²) in [6.07, 6.45) is 1.54. The fourth-order valence-electron chi connectivity index (χ4n) is 1.47. The van der Waals surface area contributed by atoms with E-state index in [2.05, 4.69) is 20.1 Å². The van der Waals surface area contributed by atoms with Gasteiger partial charge in [-0.15, -0.1) is 0 Å². The predicted octanol–water partition coefficient (Wildman–Crippen LogP) is 1.58. The van der Waals surface area contributed by atoms with E-state index in [1.165, 1.54) is 24.1 Å². The van der Waals surface area contributed by atoms with E-state index >= 15 is 0 Å². The summed E-state index contributed by atoms with van der Waals surface area (Å²) in [5.74, 6) is 2.45. The Hall–Kier alpha value is -2.55. The molecule has 0 radical (unpaired) electrons. The highest BCUT2D eigenvalue weighted by atomic mass is 32.2. The van der Waals surface area contributed by atoms with Crippen molar-refractivity contribution in [1.82, 2.24) is 20.1 Å². The normalized spacial score (nSPS) is 10.8. The first-order valence-corrected chi connectivity index (χ1v) is 6.58. The Morgan fingerprint density at radius 3 is 2.65 bits per heavy atom. The highest BCUT2D eigenvalue weighted by molar-refractivity contribution is 7.98. The van der Waals surface area contributed by atoms with Gasteiger partial charge in [-0.1, -0.05) is 16.9 Å². The third-order valence-corrected chi connectivity index (χ3v) is 3.12. The number of nitrogens with two attached hydrogens (primary N) is 2. The van der Waals surface area contributed by atoms with Crippen LogP contribution in [0.5, 0.6) is 0 Å². The number of thioether (sulfide) groups is 1. The molecule has 0 aliphatic rings. The lowest BCUT2D eigenvalue weighted by molar-refractivity contribution is 0.411. The van der Waals surface area contributed by atoms with Crippen molar-refractivity contribution in [2.24, 2.45) is 0 Å². The minimum atomic E-state index is 0.324. The number of aromatic nitrogens is 4. The second-order valence-corrected chi connectivity index (χ2v) is 4.72. The summed E-state index contributed by atoms with van der Waals surface area (Å²) in [5.41, 5.74) is 11.2. The average molecular weight is 290 g/mol. The fourth-order valence-corrected chi connectivity index (χ4v) is 2.18. The maximum Gasteiger partial charge on any atom is 0.293 e. The molecular weight excluding hydrogens is 280 g/mol. The van der Waals surface area contributed by atoms with E-state index < -0.39 is 0 Å². The summed E-state index contributed by atoms with van der Waals surface area (Å²) in [6.45, 7) is 0. The van der Waals surface area contributed by atoms with Crippen LogP contribution < -0.4 is 11.5 Å². The zero-order valence-electron chi connectivity index (χ0n) is 10.2. The molecule has 9 heteroatoms. The molecule has 0 saturated carbocycles. The van der Waals surface area contributed by atoms with Gasteiger partial charge in [0.2, 0.25) is 0 Å². The molecule has 8 nitrogen and oxygen atoms in total. The van der Waals surface area contributed by atoms with Crippen LogP contribution in [0.25, 0.3) is 11.7 Å². The monoisotopic (exact) mass is 290 g/mol. The standard InChI is InChI=1S/C11H10N6O2S/c12-7-4-8(13)15-11(14-7)20-5-9-16-10(19-17-9)6-2-1-3-18-6/h1-4H,5H2,(H4,12,13,14,15). The van der Waals surface area contributed by atoms with Gasteiger partial charge >= 0.3 is 0 Å². The van der Waals surface area contributed by atoms with Crippen molar-refractivity contribution >= 4 is 23.4 Å². The van der Waals surface area contributed by atoms with Crippen LogP contribution in [-0.2, 0) is 5.75 Å². The number of nitrogen functional groups attached to an aromatic ring is 2. The average Bonchev–Trinajstić information content (AvgIpc) is 3.06. The van der Waals surface area contributed by atoms with Gasteiger partial charge in [0.05, 0.1) is 12.0 Å². The van der Waals surface area contributed by atoms with Crippen LogP contribution in [0.15, 0.2) is 38.6 Å². The summed E-state index contributed by atoms with van der Waals surface area (Å²) in [5, 5.41) is 4.31. The second-order valence-electron chi connectivity index (χ2n) is 3.78. The molecule has 0 fully saturated rings. The van der Waals surface area contributed by atoms with E-state index in [9.17, 15) is 0 Å². The third-order valence-electron chi connectivity index (χ3n) is 2.28. The van der Waals surface area contributed by atoms with Crippen molar-refractivity contribution in [3.8, 4) is 11.7 Å². The molecule has 3 rings (SSSR count). The zero-order valence-corrected chi connectivity index (χ0v) is 11.0. The number of rotatable bonds is 4. The van der Waals surface area contributed by atoms with E-state index in [-0.39, 0.29) is 0 Å². The van der Waals surface area contributed by atoms with Crippen LogP contribution in [0, 0.1) is 0 Å². The van der Waals surface area contributed by atoms with E-state index in [0.717, 1.165) is 0 Å². The van der Waals surface area contributed by atoms with E-state index in [1.54, 1.807) is 12.1 Å². The molecule has 0 spiro atoms. The molecule has 3 aromatic rings. The largest absolute Gasteiger partial charge is 0.459 e. The molecule has 20 heavy (non-hydrogen) atoms. The van der Waals surface area contributed by atoms with Gasteiger partial charge in [0.1, 0.15) is 11.6 Å². The van der Waals surface area contributed by atoms with Crippen molar-refractivity contribution < 1.29 is 8.94 Å². The van der Waals surface area contributed by atoms with Gasteiger partial charge in [0, 0.05) is 6.07 Å². The van der Waals surface area contributed by atoms with Crippen LogP contribution in [0.2, 0.25) is 0 Å². The molecule has 0 bridgehead atoms. The lowest BCUT2D eigenvalue weighted by Crippen LogP contribution is -1.99. The highest BCUT2D eigenvalue weighted by Crippen LogP contribution is 2.22. The summed E-state index contributed by atoms with van der Waals surface area (Å²) < 4.78 is 10.3. The number of anilines is 2. The number of hydrogen-bond donors (Lipinski definition) is 2. The Bertz CT molecular complexity index is 691. The van der Waals surface area contributed by atoms with Crippen LogP contribution >= 0.6 is 11.8 Å². The molecule has 3 aromatic heterocycles.